The summed E-state index contributed by atoms with van der Waals surface area (Å²) >= 11 is 1.43. The fraction of sp³-hybridized carbons (Fsp3) is 0.167. The van der Waals surface area contributed by atoms with Crippen LogP contribution in [-0.4, -0.2) is 18.4 Å². The van der Waals surface area contributed by atoms with Gasteiger partial charge in [0.1, 0.15) is 11.0 Å². The molecule has 2 amide bonds. The van der Waals surface area contributed by atoms with E-state index in [1.165, 1.54) is 18.7 Å². The molecular formula is C24H24N2O3S. The van der Waals surface area contributed by atoms with Crippen molar-refractivity contribution in [2.45, 2.75) is 24.0 Å². The van der Waals surface area contributed by atoms with Crippen molar-refractivity contribution in [3.8, 4) is 5.75 Å². The number of benzene rings is 3. The van der Waals surface area contributed by atoms with Gasteiger partial charge in [-0.25, -0.2) is 0 Å². The van der Waals surface area contributed by atoms with Crippen molar-refractivity contribution in [1.82, 2.24) is 0 Å². The third-order valence-corrected chi connectivity index (χ3v) is 5.44. The highest BCUT2D eigenvalue weighted by Crippen LogP contribution is 2.38. The van der Waals surface area contributed by atoms with Crippen LogP contribution in [0.1, 0.15) is 24.7 Å². The van der Waals surface area contributed by atoms with E-state index in [1.54, 1.807) is 0 Å². The number of hydrogen-bond donors (Lipinski definition) is 2. The molecule has 2 N–H and O–H groups in total. The number of carbonyl (C=O) groups is 2. The van der Waals surface area contributed by atoms with Gasteiger partial charge in [0.2, 0.25) is 11.8 Å². The van der Waals surface area contributed by atoms with Crippen molar-refractivity contribution in [3.63, 3.8) is 0 Å². The summed E-state index contributed by atoms with van der Waals surface area (Å²) < 4.78 is 5.63. The second kappa shape index (κ2) is 10.5. The van der Waals surface area contributed by atoms with Crippen molar-refractivity contribution in [1.29, 1.82) is 0 Å². The molecule has 30 heavy (non-hydrogen) atoms. The van der Waals surface area contributed by atoms with Gasteiger partial charge in [0.15, 0.2) is 0 Å². The molecule has 0 radical (unpaired) electrons. The second-order valence-electron chi connectivity index (χ2n) is 6.54. The molecule has 0 saturated carbocycles. The van der Waals surface area contributed by atoms with Crippen LogP contribution in [0, 0.1) is 0 Å². The molecule has 0 aliphatic heterocycles. The Morgan fingerprint density at radius 3 is 2.40 bits per heavy atom. The van der Waals surface area contributed by atoms with Gasteiger partial charge in [-0.1, -0.05) is 48.5 Å². The lowest BCUT2D eigenvalue weighted by Gasteiger charge is -2.19. The third kappa shape index (κ3) is 5.87. The van der Waals surface area contributed by atoms with Gasteiger partial charge in [0.25, 0.3) is 0 Å². The fourth-order valence-corrected chi connectivity index (χ4v) is 4.02. The van der Waals surface area contributed by atoms with Crippen LogP contribution in [-0.2, 0) is 9.59 Å². The molecule has 0 fully saturated rings. The number of nitrogens with one attached hydrogen (secondary N) is 2. The van der Waals surface area contributed by atoms with E-state index in [-0.39, 0.29) is 11.8 Å². The Morgan fingerprint density at radius 1 is 0.933 bits per heavy atom. The summed E-state index contributed by atoms with van der Waals surface area (Å²) in [6, 6.07) is 24.5. The van der Waals surface area contributed by atoms with Crippen molar-refractivity contribution < 1.29 is 14.3 Å². The maximum Gasteiger partial charge on any atom is 0.242 e. The molecule has 154 valence electrons. The van der Waals surface area contributed by atoms with Gasteiger partial charge in [-0.05, 0) is 42.8 Å². The number of thioether (sulfide) groups is 1. The first-order chi connectivity index (χ1) is 14.6. The average Bonchev–Trinajstić information content (AvgIpc) is 2.74. The summed E-state index contributed by atoms with van der Waals surface area (Å²) in [4.78, 5) is 25.5. The lowest BCUT2D eigenvalue weighted by atomic mass is 10.1. The highest BCUT2D eigenvalue weighted by atomic mass is 32.2. The molecule has 0 aromatic heterocycles. The molecule has 3 aromatic rings. The Morgan fingerprint density at radius 2 is 1.67 bits per heavy atom. The SMILES string of the molecule is CCOc1ccccc1NC(=O)C(Sc1cccc(NC(C)=O)c1)c1ccccc1. The second-order valence-corrected chi connectivity index (χ2v) is 7.71. The Labute approximate surface area is 180 Å². The average molecular weight is 421 g/mol. The number of para-hydroxylation sites is 2. The minimum Gasteiger partial charge on any atom is -0.492 e. The molecule has 5 nitrogen and oxygen atoms in total. The van der Waals surface area contributed by atoms with Gasteiger partial charge < -0.3 is 15.4 Å². The highest BCUT2D eigenvalue weighted by Gasteiger charge is 2.23. The first-order valence-corrected chi connectivity index (χ1v) is 10.6. The van der Waals surface area contributed by atoms with E-state index in [1.807, 2.05) is 85.8 Å². The quantitative estimate of drug-likeness (QED) is 0.471. The summed E-state index contributed by atoms with van der Waals surface area (Å²) in [5.74, 6) is 0.350. The molecular weight excluding hydrogens is 396 g/mol. The Kier molecular flexibility index (Phi) is 7.51. The molecule has 0 aliphatic rings. The van der Waals surface area contributed by atoms with Crippen LogP contribution in [0.5, 0.6) is 5.75 Å². The summed E-state index contributed by atoms with van der Waals surface area (Å²) in [5, 5.41) is 5.31. The Balaban J connectivity index is 1.87. The van der Waals surface area contributed by atoms with E-state index < -0.39 is 5.25 Å². The largest absolute Gasteiger partial charge is 0.492 e. The van der Waals surface area contributed by atoms with Crippen LogP contribution in [0.4, 0.5) is 11.4 Å². The molecule has 0 saturated heterocycles. The molecule has 0 heterocycles. The zero-order chi connectivity index (χ0) is 21.3. The van der Waals surface area contributed by atoms with E-state index in [4.69, 9.17) is 4.74 Å². The van der Waals surface area contributed by atoms with Crippen molar-refractivity contribution in [2.75, 3.05) is 17.2 Å². The van der Waals surface area contributed by atoms with Crippen LogP contribution in [0.15, 0.2) is 83.8 Å². The summed E-state index contributed by atoms with van der Waals surface area (Å²) in [5.41, 5.74) is 2.22. The number of hydrogen-bond acceptors (Lipinski definition) is 4. The molecule has 0 bridgehead atoms. The van der Waals surface area contributed by atoms with E-state index in [2.05, 4.69) is 10.6 Å². The van der Waals surface area contributed by atoms with E-state index in [9.17, 15) is 9.59 Å². The number of anilines is 2. The summed E-state index contributed by atoms with van der Waals surface area (Å²) in [6.07, 6.45) is 0. The zero-order valence-corrected chi connectivity index (χ0v) is 17.7. The smallest absolute Gasteiger partial charge is 0.242 e. The number of carbonyl (C=O) groups excluding carboxylic acids is 2. The molecule has 3 rings (SSSR count). The molecule has 1 atom stereocenters. The van der Waals surface area contributed by atoms with Crippen LogP contribution in [0.3, 0.4) is 0 Å². The van der Waals surface area contributed by atoms with Crippen molar-refractivity contribution in [2.24, 2.45) is 0 Å². The minimum absolute atomic E-state index is 0.137. The third-order valence-electron chi connectivity index (χ3n) is 4.19. The van der Waals surface area contributed by atoms with Gasteiger partial charge in [0.05, 0.1) is 12.3 Å². The van der Waals surface area contributed by atoms with Gasteiger partial charge >= 0.3 is 0 Å². The summed E-state index contributed by atoms with van der Waals surface area (Å²) in [6.45, 7) is 3.89. The fourth-order valence-electron chi connectivity index (χ4n) is 2.94. The monoisotopic (exact) mass is 420 g/mol. The zero-order valence-electron chi connectivity index (χ0n) is 16.9. The van der Waals surface area contributed by atoms with Gasteiger partial charge in [-0.3, -0.25) is 9.59 Å². The molecule has 1 unspecified atom stereocenters. The van der Waals surface area contributed by atoms with Crippen LogP contribution in [0.2, 0.25) is 0 Å². The maximum absolute atomic E-state index is 13.3. The Bertz CT molecular complexity index is 1010. The normalized spacial score (nSPS) is 11.4. The highest BCUT2D eigenvalue weighted by molar-refractivity contribution is 8.00. The van der Waals surface area contributed by atoms with Crippen LogP contribution in [0.25, 0.3) is 0 Å². The predicted octanol–water partition coefficient (Wildman–Crippen LogP) is 5.52. The molecule has 3 aromatic carbocycles. The minimum atomic E-state index is -0.478. The van der Waals surface area contributed by atoms with Gasteiger partial charge in [0, 0.05) is 17.5 Å². The topological polar surface area (TPSA) is 67.4 Å². The van der Waals surface area contributed by atoms with E-state index in [0.717, 1.165) is 10.5 Å². The first-order valence-electron chi connectivity index (χ1n) is 9.68. The first kappa shape index (κ1) is 21.5. The molecule has 0 spiro atoms. The van der Waals surface area contributed by atoms with E-state index >= 15 is 0 Å². The van der Waals surface area contributed by atoms with Gasteiger partial charge in [-0.15, -0.1) is 11.8 Å². The van der Waals surface area contributed by atoms with Crippen molar-refractivity contribution in [3.05, 3.63) is 84.4 Å². The van der Waals surface area contributed by atoms with Crippen LogP contribution < -0.4 is 15.4 Å². The standard InChI is InChI=1S/C24H24N2O3S/c1-3-29-22-15-8-7-14-21(22)26-24(28)23(18-10-5-4-6-11-18)30-20-13-9-12-19(16-20)25-17(2)27/h4-16,23H,3H2,1-2H3,(H,25,27)(H,26,28). The number of ether oxygens (including phenoxy) is 1. The lowest BCUT2D eigenvalue weighted by Crippen LogP contribution is -2.19. The number of amides is 2. The predicted molar refractivity (Wildman–Crippen MR) is 122 cm³/mol. The number of rotatable bonds is 8. The molecule has 6 heteroatoms. The van der Waals surface area contributed by atoms with Crippen molar-refractivity contribution >= 4 is 35.0 Å². The molecule has 0 aliphatic carbocycles. The van der Waals surface area contributed by atoms with Gasteiger partial charge in [-0.2, -0.15) is 0 Å². The Hall–Kier alpha value is -3.25. The van der Waals surface area contributed by atoms with E-state index in [0.29, 0.717) is 23.7 Å². The summed E-state index contributed by atoms with van der Waals surface area (Å²) in [7, 11) is 0. The maximum atomic E-state index is 13.3. The van der Waals surface area contributed by atoms with Crippen LogP contribution >= 0.6 is 11.8 Å². The lowest BCUT2D eigenvalue weighted by molar-refractivity contribution is -0.116.